The molecular formula is C11H12O3. The van der Waals surface area contributed by atoms with Crippen LogP contribution >= 0.6 is 0 Å². The second-order valence-corrected chi connectivity index (χ2v) is 2.84. The number of esters is 1. The molecule has 0 aliphatic carbocycles. The summed E-state index contributed by atoms with van der Waals surface area (Å²) in [5.74, 6) is -0.428. The van der Waals surface area contributed by atoms with Crippen LogP contribution in [0.1, 0.15) is 17.3 Å². The van der Waals surface area contributed by atoms with E-state index in [9.17, 15) is 4.79 Å². The Bertz CT molecular complexity index is 315. The Morgan fingerprint density at radius 3 is 2.64 bits per heavy atom. The molecule has 0 aromatic heterocycles. The molecule has 1 unspecified atom stereocenters. The summed E-state index contributed by atoms with van der Waals surface area (Å²) < 4.78 is 4.76. The first kappa shape index (κ1) is 10.5. The van der Waals surface area contributed by atoms with Crippen LogP contribution < -0.4 is 0 Å². The lowest BCUT2D eigenvalue weighted by Gasteiger charge is -1.98. The van der Waals surface area contributed by atoms with E-state index in [2.05, 4.69) is 0 Å². The van der Waals surface area contributed by atoms with Crippen molar-refractivity contribution >= 4 is 5.97 Å². The fourth-order valence-electron chi connectivity index (χ4n) is 0.857. The van der Waals surface area contributed by atoms with Crippen molar-refractivity contribution in [3.8, 4) is 0 Å². The molecule has 0 bridgehead atoms. The van der Waals surface area contributed by atoms with Crippen LogP contribution in [0.4, 0.5) is 0 Å². The molecule has 0 radical (unpaired) electrons. The Balaban J connectivity index is 2.52. The molecule has 1 aromatic rings. The highest BCUT2D eigenvalue weighted by atomic mass is 16.5. The first-order valence-electron chi connectivity index (χ1n) is 4.31. The molecule has 0 fully saturated rings. The van der Waals surface area contributed by atoms with E-state index in [0.717, 1.165) is 0 Å². The number of benzene rings is 1. The number of carbonyl (C=O) groups is 1. The summed E-state index contributed by atoms with van der Waals surface area (Å²) in [5, 5.41) is 8.86. The summed E-state index contributed by atoms with van der Waals surface area (Å²) in [7, 11) is 0. The van der Waals surface area contributed by atoms with E-state index in [4.69, 9.17) is 9.84 Å². The van der Waals surface area contributed by atoms with Crippen molar-refractivity contribution in [2.24, 2.45) is 0 Å². The number of aliphatic hydroxyl groups is 1. The summed E-state index contributed by atoms with van der Waals surface area (Å²) in [6.45, 7) is 1.58. The molecule has 0 saturated heterocycles. The summed E-state index contributed by atoms with van der Waals surface area (Å²) in [6.07, 6.45) is 1.97. The van der Waals surface area contributed by atoms with Gasteiger partial charge >= 0.3 is 5.97 Å². The third kappa shape index (κ3) is 3.41. The predicted octanol–water partition coefficient (Wildman–Crippen LogP) is 1.74. The Labute approximate surface area is 82.6 Å². The molecule has 1 aromatic carbocycles. The summed E-state index contributed by atoms with van der Waals surface area (Å²) in [4.78, 5) is 11.3. The highest BCUT2D eigenvalue weighted by Gasteiger charge is 2.02. The van der Waals surface area contributed by atoms with Crippen molar-refractivity contribution in [2.75, 3.05) is 0 Å². The molecule has 1 atom stereocenters. The quantitative estimate of drug-likeness (QED) is 0.586. The van der Waals surface area contributed by atoms with Gasteiger partial charge < -0.3 is 9.84 Å². The van der Waals surface area contributed by atoms with Crippen LogP contribution in [0, 0.1) is 0 Å². The largest absolute Gasteiger partial charge is 0.431 e. The van der Waals surface area contributed by atoms with E-state index in [-0.39, 0.29) is 0 Å². The third-order valence-corrected chi connectivity index (χ3v) is 1.54. The van der Waals surface area contributed by atoms with Crippen molar-refractivity contribution in [1.82, 2.24) is 0 Å². The zero-order valence-corrected chi connectivity index (χ0v) is 7.88. The van der Waals surface area contributed by atoms with Gasteiger partial charge in [0.1, 0.15) is 0 Å². The predicted molar refractivity (Wildman–Crippen MR) is 52.7 cm³/mol. The van der Waals surface area contributed by atoms with Gasteiger partial charge in [0, 0.05) is 0 Å². The van der Waals surface area contributed by atoms with Gasteiger partial charge in [0.2, 0.25) is 0 Å². The highest BCUT2D eigenvalue weighted by Crippen LogP contribution is 2.01. The first-order chi connectivity index (χ1) is 6.70. The minimum Gasteiger partial charge on any atom is -0.431 e. The molecular weight excluding hydrogens is 180 g/mol. The van der Waals surface area contributed by atoms with Gasteiger partial charge in [-0.15, -0.1) is 0 Å². The van der Waals surface area contributed by atoms with Crippen LogP contribution in [-0.4, -0.2) is 17.2 Å². The molecule has 0 aliphatic heterocycles. The number of hydrogen-bond acceptors (Lipinski definition) is 3. The maximum atomic E-state index is 11.3. The molecule has 3 nitrogen and oxygen atoms in total. The summed E-state index contributed by atoms with van der Waals surface area (Å²) in [6, 6.07) is 8.67. The number of carbonyl (C=O) groups excluding carboxylic acids is 1. The smallest absolute Gasteiger partial charge is 0.342 e. The van der Waals surface area contributed by atoms with Gasteiger partial charge in [0.05, 0.1) is 17.9 Å². The van der Waals surface area contributed by atoms with Crippen LogP contribution in [0.2, 0.25) is 0 Å². The van der Waals surface area contributed by atoms with E-state index < -0.39 is 12.1 Å². The fourth-order valence-corrected chi connectivity index (χ4v) is 0.857. The highest BCUT2D eigenvalue weighted by molar-refractivity contribution is 5.89. The van der Waals surface area contributed by atoms with Crippen molar-refractivity contribution in [1.29, 1.82) is 0 Å². The average molecular weight is 192 g/mol. The van der Waals surface area contributed by atoms with E-state index in [1.807, 2.05) is 6.07 Å². The van der Waals surface area contributed by atoms with Gasteiger partial charge in [-0.3, -0.25) is 0 Å². The molecule has 14 heavy (non-hydrogen) atoms. The lowest BCUT2D eigenvalue weighted by molar-refractivity contribution is 0.0660. The lowest BCUT2D eigenvalue weighted by atomic mass is 10.2. The fraction of sp³-hybridized carbons (Fsp3) is 0.182. The first-order valence-corrected chi connectivity index (χ1v) is 4.31. The molecule has 1 N–H and O–H groups in total. The normalized spacial score (nSPS) is 12.7. The minimum atomic E-state index is -0.612. The second kappa shape index (κ2) is 5.19. The zero-order chi connectivity index (χ0) is 10.4. The van der Waals surface area contributed by atoms with Gasteiger partial charge in [0.15, 0.2) is 0 Å². The molecule has 3 heteroatoms. The Kier molecular flexibility index (Phi) is 3.88. The molecule has 0 heterocycles. The van der Waals surface area contributed by atoms with Gasteiger partial charge in [-0.1, -0.05) is 18.2 Å². The number of aliphatic hydroxyl groups excluding tert-OH is 1. The zero-order valence-electron chi connectivity index (χ0n) is 7.88. The number of ether oxygens (including phenoxy) is 1. The van der Waals surface area contributed by atoms with E-state index in [0.29, 0.717) is 5.56 Å². The monoisotopic (exact) mass is 192 g/mol. The maximum absolute atomic E-state index is 11.3. The number of rotatable bonds is 3. The van der Waals surface area contributed by atoms with Crippen molar-refractivity contribution in [3.63, 3.8) is 0 Å². The Morgan fingerprint density at radius 2 is 2.07 bits per heavy atom. The molecule has 74 valence electrons. The average Bonchev–Trinajstić information content (AvgIpc) is 2.18. The van der Waals surface area contributed by atoms with E-state index in [1.165, 1.54) is 12.3 Å². The van der Waals surface area contributed by atoms with E-state index >= 15 is 0 Å². The van der Waals surface area contributed by atoms with Crippen LogP contribution in [0.15, 0.2) is 42.7 Å². The van der Waals surface area contributed by atoms with Crippen LogP contribution in [-0.2, 0) is 4.74 Å². The molecule has 0 aliphatic rings. The van der Waals surface area contributed by atoms with Crippen LogP contribution in [0.3, 0.4) is 0 Å². The van der Waals surface area contributed by atoms with E-state index in [1.54, 1.807) is 31.2 Å². The number of hydrogen-bond donors (Lipinski definition) is 1. The van der Waals surface area contributed by atoms with Crippen molar-refractivity contribution < 1.29 is 14.6 Å². The SMILES string of the molecule is CC(O)/C=C/OC(=O)c1ccccc1. The van der Waals surface area contributed by atoms with Gasteiger partial charge in [0.25, 0.3) is 0 Å². The standard InChI is InChI=1S/C11H12O3/c1-9(12)7-8-14-11(13)10-5-3-2-4-6-10/h2-9,12H,1H3/b8-7+. The lowest BCUT2D eigenvalue weighted by Crippen LogP contribution is -2.01. The summed E-state index contributed by atoms with van der Waals surface area (Å²) in [5.41, 5.74) is 0.489. The Morgan fingerprint density at radius 1 is 1.43 bits per heavy atom. The van der Waals surface area contributed by atoms with Crippen molar-refractivity contribution in [2.45, 2.75) is 13.0 Å². The van der Waals surface area contributed by atoms with Crippen LogP contribution in [0.5, 0.6) is 0 Å². The molecule has 0 amide bonds. The van der Waals surface area contributed by atoms with Crippen LogP contribution in [0.25, 0.3) is 0 Å². The second-order valence-electron chi connectivity index (χ2n) is 2.84. The topological polar surface area (TPSA) is 46.5 Å². The molecule has 0 spiro atoms. The third-order valence-electron chi connectivity index (χ3n) is 1.54. The minimum absolute atomic E-state index is 0.428. The molecule has 0 saturated carbocycles. The van der Waals surface area contributed by atoms with Gasteiger partial charge in [-0.05, 0) is 25.1 Å². The maximum Gasteiger partial charge on any atom is 0.342 e. The summed E-state index contributed by atoms with van der Waals surface area (Å²) >= 11 is 0. The van der Waals surface area contributed by atoms with Crippen molar-refractivity contribution in [3.05, 3.63) is 48.2 Å². The molecule has 1 rings (SSSR count). The Hall–Kier alpha value is -1.61. The van der Waals surface area contributed by atoms with Gasteiger partial charge in [-0.25, -0.2) is 4.79 Å². The van der Waals surface area contributed by atoms with Gasteiger partial charge in [-0.2, -0.15) is 0 Å².